The monoisotopic (exact) mass is 447 g/mol. The van der Waals surface area contributed by atoms with Crippen molar-refractivity contribution in [3.8, 4) is 11.5 Å². The number of nitrogens with one attached hydrogen (secondary N) is 1. The lowest BCUT2D eigenvalue weighted by Gasteiger charge is -2.34. The molecular formula is C23H33N3O6. The summed E-state index contributed by atoms with van der Waals surface area (Å²) in [6.45, 7) is 9.64. The number of carbonyl (C=O) groups excluding carboxylic acids is 3. The van der Waals surface area contributed by atoms with Crippen molar-refractivity contribution in [3.63, 3.8) is 0 Å². The van der Waals surface area contributed by atoms with Gasteiger partial charge < -0.3 is 29.3 Å². The van der Waals surface area contributed by atoms with Crippen molar-refractivity contribution in [2.45, 2.75) is 46.1 Å². The Labute approximate surface area is 189 Å². The lowest BCUT2D eigenvalue weighted by Crippen LogP contribution is -2.47. The van der Waals surface area contributed by atoms with Gasteiger partial charge in [0.25, 0.3) is 0 Å². The number of carbonyl (C=O) groups is 3. The van der Waals surface area contributed by atoms with Crippen LogP contribution < -0.4 is 14.8 Å². The second-order valence-electron chi connectivity index (χ2n) is 9.00. The quantitative estimate of drug-likeness (QED) is 0.746. The first kappa shape index (κ1) is 23.7. The summed E-state index contributed by atoms with van der Waals surface area (Å²) >= 11 is 0. The highest BCUT2D eigenvalue weighted by Gasteiger charge is 2.32. The number of anilines is 1. The van der Waals surface area contributed by atoms with Gasteiger partial charge in [0, 0.05) is 37.3 Å². The molecular weight excluding hydrogens is 414 g/mol. The Bertz CT molecular complexity index is 843. The number of nitrogens with zero attached hydrogens (tertiary/aromatic N) is 2. The molecule has 0 spiro atoms. The van der Waals surface area contributed by atoms with E-state index in [1.807, 2.05) is 27.7 Å². The van der Waals surface area contributed by atoms with Crippen LogP contribution in [0.3, 0.4) is 0 Å². The SMILES string of the molecule is CCN(CC(=O)Nc1ccc2c(c1)OCCO2)C(=O)C1CCN(C(=O)OC(C)(C)C)CC1. The molecule has 2 aliphatic heterocycles. The largest absolute Gasteiger partial charge is 0.486 e. The van der Waals surface area contributed by atoms with Gasteiger partial charge in [-0.25, -0.2) is 4.79 Å². The average Bonchev–Trinajstić information content (AvgIpc) is 2.76. The van der Waals surface area contributed by atoms with Crippen LogP contribution in [-0.2, 0) is 14.3 Å². The highest BCUT2D eigenvalue weighted by atomic mass is 16.6. The first-order valence-corrected chi connectivity index (χ1v) is 11.1. The van der Waals surface area contributed by atoms with E-state index in [0.29, 0.717) is 62.9 Å². The number of ether oxygens (including phenoxy) is 3. The van der Waals surface area contributed by atoms with Crippen molar-refractivity contribution in [2.75, 3.05) is 44.7 Å². The fourth-order valence-electron chi connectivity index (χ4n) is 3.73. The van der Waals surface area contributed by atoms with Crippen LogP contribution in [0.25, 0.3) is 0 Å². The highest BCUT2D eigenvalue weighted by Crippen LogP contribution is 2.32. The molecule has 3 amide bonds. The summed E-state index contributed by atoms with van der Waals surface area (Å²) in [4.78, 5) is 41.0. The molecule has 0 saturated carbocycles. The molecule has 3 rings (SSSR count). The first-order valence-electron chi connectivity index (χ1n) is 11.1. The number of amides is 3. The average molecular weight is 448 g/mol. The summed E-state index contributed by atoms with van der Waals surface area (Å²) in [5.74, 6) is 0.694. The summed E-state index contributed by atoms with van der Waals surface area (Å²) in [5, 5.41) is 2.82. The number of hydrogen-bond donors (Lipinski definition) is 1. The molecule has 0 aliphatic carbocycles. The summed E-state index contributed by atoms with van der Waals surface area (Å²) in [6.07, 6.45) is 0.756. The Hall–Kier alpha value is -2.97. The van der Waals surface area contributed by atoms with Crippen LogP contribution in [0.1, 0.15) is 40.5 Å². The van der Waals surface area contributed by atoms with E-state index in [4.69, 9.17) is 14.2 Å². The molecule has 9 nitrogen and oxygen atoms in total. The molecule has 32 heavy (non-hydrogen) atoms. The van der Waals surface area contributed by atoms with Crippen LogP contribution in [0.5, 0.6) is 11.5 Å². The van der Waals surface area contributed by atoms with Gasteiger partial charge in [-0.3, -0.25) is 9.59 Å². The van der Waals surface area contributed by atoms with Crippen LogP contribution >= 0.6 is 0 Å². The lowest BCUT2D eigenvalue weighted by molar-refractivity contribution is -0.139. The maximum Gasteiger partial charge on any atom is 0.410 e. The summed E-state index contributed by atoms with van der Waals surface area (Å²) < 4.78 is 16.4. The van der Waals surface area contributed by atoms with E-state index < -0.39 is 5.60 Å². The predicted molar refractivity (Wildman–Crippen MR) is 119 cm³/mol. The van der Waals surface area contributed by atoms with Gasteiger partial charge in [-0.1, -0.05) is 0 Å². The third kappa shape index (κ3) is 6.27. The van der Waals surface area contributed by atoms with Crippen molar-refractivity contribution in [1.29, 1.82) is 0 Å². The Morgan fingerprint density at radius 2 is 1.78 bits per heavy atom. The summed E-state index contributed by atoms with van der Waals surface area (Å²) in [7, 11) is 0. The Balaban J connectivity index is 1.50. The zero-order valence-corrected chi connectivity index (χ0v) is 19.3. The number of hydrogen-bond acceptors (Lipinski definition) is 6. The fourth-order valence-corrected chi connectivity index (χ4v) is 3.73. The Morgan fingerprint density at radius 1 is 1.12 bits per heavy atom. The van der Waals surface area contributed by atoms with Crippen molar-refractivity contribution in [2.24, 2.45) is 5.92 Å². The maximum atomic E-state index is 13.0. The van der Waals surface area contributed by atoms with Crippen LogP contribution in [0, 0.1) is 5.92 Å². The number of rotatable bonds is 5. The second kappa shape index (κ2) is 10.1. The highest BCUT2D eigenvalue weighted by molar-refractivity contribution is 5.95. The molecule has 9 heteroatoms. The van der Waals surface area contributed by atoms with E-state index in [-0.39, 0.29) is 30.4 Å². The maximum absolute atomic E-state index is 13.0. The zero-order valence-electron chi connectivity index (χ0n) is 19.3. The summed E-state index contributed by atoms with van der Waals surface area (Å²) in [5.41, 5.74) is 0.0428. The minimum atomic E-state index is -0.548. The molecule has 1 N–H and O–H groups in total. The molecule has 1 aromatic carbocycles. The van der Waals surface area contributed by atoms with Crippen LogP contribution in [0.4, 0.5) is 10.5 Å². The van der Waals surface area contributed by atoms with E-state index >= 15 is 0 Å². The Kier molecular flexibility index (Phi) is 7.48. The van der Waals surface area contributed by atoms with Crippen molar-refractivity contribution < 1.29 is 28.6 Å². The van der Waals surface area contributed by atoms with Gasteiger partial charge in [-0.2, -0.15) is 0 Å². The van der Waals surface area contributed by atoms with Crippen LogP contribution in [0.2, 0.25) is 0 Å². The molecule has 176 valence electrons. The lowest BCUT2D eigenvalue weighted by atomic mass is 9.95. The van der Waals surface area contributed by atoms with Crippen molar-refractivity contribution in [1.82, 2.24) is 9.80 Å². The predicted octanol–water partition coefficient (Wildman–Crippen LogP) is 2.89. The first-order chi connectivity index (χ1) is 15.2. The third-order valence-corrected chi connectivity index (χ3v) is 5.35. The molecule has 0 unspecified atom stereocenters. The topological polar surface area (TPSA) is 97.4 Å². The van der Waals surface area contributed by atoms with Gasteiger partial charge in [0.15, 0.2) is 11.5 Å². The second-order valence-corrected chi connectivity index (χ2v) is 9.00. The van der Waals surface area contributed by atoms with Gasteiger partial charge in [-0.05, 0) is 52.7 Å². The van der Waals surface area contributed by atoms with Gasteiger partial charge >= 0.3 is 6.09 Å². The van der Waals surface area contributed by atoms with Gasteiger partial charge in [-0.15, -0.1) is 0 Å². The fraction of sp³-hybridized carbons (Fsp3) is 0.609. The van der Waals surface area contributed by atoms with E-state index in [1.165, 1.54) is 0 Å². The molecule has 0 atom stereocenters. The van der Waals surface area contributed by atoms with Gasteiger partial charge in [0.2, 0.25) is 11.8 Å². The minimum absolute atomic E-state index is 0.0317. The smallest absolute Gasteiger partial charge is 0.410 e. The molecule has 2 aliphatic rings. The number of likely N-dealkylation sites (tertiary alicyclic amines) is 1. The molecule has 0 aromatic heterocycles. The minimum Gasteiger partial charge on any atom is -0.486 e. The standard InChI is InChI=1S/C23H33N3O6/c1-5-25(15-20(27)24-17-6-7-18-19(14-17)31-13-12-30-18)21(28)16-8-10-26(11-9-16)22(29)32-23(2,3)4/h6-7,14,16H,5,8-13,15H2,1-4H3,(H,24,27). The number of piperidine rings is 1. The zero-order chi connectivity index (χ0) is 23.3. The van der Waals surface area contributed by atoms with Crippen LogP contribution in [0.15, 0.2) is 18.2 Å². The van der Waals surface area contributed by atoms with E-state index in [9.17, 15) is 14.4 Å². The van der Waals surface area contributed by atoms with E-state index in [0.717, 1.165) is 0 Å². The Morgan fingerprint density at radius 3 is 2.41 bits per heavy atom. The number of likely N-dealkylation sites (N-methyl/N-ethyl adjacent to an activating group) is 1. The third-order valence-electron chi connectivity index (χ3n) is 5.35. The number of fused-ring (bicyclic) bond motifs is 1. The molecule has 0 bridgehead atoms. The van der Waals surface area contributed by atoms with Crippen molar-refractivity contribution >= 4 is 23.6 Å². The molecule has 1 saturated heterocycles. The molecule has 2 heterocycles. The molecule has 1 aromatic rings. The normalized spacial score (nSPS) is 16.3. The van der Waals surface area contributed by atoms with Gasteiger partial charge in [0.1, 0.15) is 18.8 Å². The van der Waals surface area contributed by atoms with E-state index in [1.54, 1.807) is 28.0 Å². The molecule has 1 fully saturated rings. The van der Waals surface area contributed by atoms with Gasteiger partial charge in [0.05, 0.1) is 6.54 Å². The van der Waals surface area contributed by atoms with Crippen LogP contribution in [-0.4, -0.2) is 72.7 Å². The number of benzene rings is 1. The van der Waals surface area contributed by atoms with E-state index in [2.05, 4.69) is 5.32 Å². The summed E-state index contributed by atoms with van der Waals surface area (Å²) in [6, 6.07) is 5.22. The van der Waals surface area contributed by atoms with Crippen molar-refractivity contribution in [3.05, 3.63) is 18.2 Å². The molecule has 0 radical (unpaired) electrons.